The summed E-state index contributed by atoms with van der Waals surface area (Å²) < 4.78 is 1.86. The highest BCUT2D eigenvalue weighted by molar-refractivity contribution is 7.16. The molecule has 124 valence electrons. The van der Waals surface area contributed by atoms with Crippen LogP contribution in [0.25, 0.3) is 5.13 Å². The summed E-state index contributed by atoms with van der Waals surface area (Å²) in [6.45, 7) is 2.59. The number of carbonyl (C=O) groups excluding carboxylic acids is 3. The third-order valence-corrected chi connectivity index (χ3v) is 5.36. The first-order valence-corrected chi connectivity index (χ1v) is 8.36. The van der Waals surface area contributed by atoms with Crippen LogP contribution in [0.1, 0.15) is 15.4 Å². The van der Waals surface area contributed by atoms with E-state index < -0.39 is 0 Å². The molecule has 0 atom stereocenters. The Hall–Kier alpha value is -2.68. The highest BCUT2D eigenvalue weighted by atomic mass is 32.1. The molecular formula is C15H15N5O3S. The predicted octanol–water partition coefficient (Wildman–Crippen LogP) is 0.618. The number of thiazole rings is 1. The van der Waals surface area contributed by atoms with Gasteiger partial charge in [0.15, 0.2) is 5.13 Å². The smallest absolute Gasteiger partial charge is 0.324 e. The number of amides is 4. The monoisotopic (exact) mass is 345 g/mol. The van der Waals surface area contributed by atoms with Gasteiger partial charge in [-0.3, -0.25) is 14.5 Å². The van der Waals surface area contributed by atoms with Crippen molar-refractivity contribution < 1.29 is 14.4 Å². The van der Waals surface area contributed by atoms with Gasteiger partial charge in [-0.25, -0.2) is 9.78 Å². The number of rotatable bonds is 3. The summed E-state index contributed by atoms with van der Waals surface area (Å²) in [4.78, 5) is 43.8. The number of nitrogens with zero attached hydrogens (tertiary/aromatic N) is 4. The average Bonchev–Trinajstić information content (AvgIpc) is 3.21. The van der Waals surface area contributed by atoms with E-state index in [1.54, 1.807) is 4.90 Å². The Morgan fingerprint density at radius 1 is 1.29 bits per heavy atom. The highest BCUT2D eigenvalue weighted by Gasteiger charge is 2.43. The highest BCUT2D eigenvalue weighted by Crippen LogP contribution is 2.26. The molecule has 4 amide bonds. The van der Waals surface area contributed by atoms with Crippen molar-refractivity contribution >= 4 is 29.2 Å². The molecule has 8 nitrogen and oxygen atoms in total. The van der Waals surface area contributed by atoms with Crippen molar-refractivity contribution in [2.24, 2.45) is 0 Å². The Morgan fingerprint density at radius 2 is 2.00 bits per heavy atom. The second-order valence-corrected chi connectivity index (χ2v) is 6.77. The van der Waals surface area contributed by atoms with Crippen LogP contribution in [-0.4, -0.2) is 62.9 Å². The molecular weight excluding hydrogens is 330 g/mol. The number of carbonyl (C=O) groups is 3. The SMILES string of the molecule is Cc1nc(-n2cccc2)sc1C(=O)N1CC(N2C(=O)CNC2=O)C1. The maximum atomic E-state index is 12.6. The van der Waals surface area contributed by atoms with Gasteiger partial charge in [0.2, 0.25) is 5.91 Å². The van der Waals surface area contributed by atoms with Gasteiger partial charge in [-0.15, -0.1) is 0 Å². The van der Waals surface area contributed by atoms with Crippen molar-refractivity contribution in [1.29, 1.82) is 0 Å². The summed E-state index contributed by atoms with van der Waals surface area (Å²) in [6.07, 6.45) is 3.76. The topological polar surface area (TPSA) is 87.5 Å². The number of imide groups is 1. The Kier molecular flexibility index (Phi) is 3.38. The third-order valence-electron chi connectivity index (χ3n) is 4.20. The Morgan fingerprint density at radius 3 is 2.62 bits per heavy atom. The lowest BCUT2D eigenvalue weighted by Crippen LogP contribution is -2.62. The number of urea groups is 1. The first kappa shape index (κ1) is 14.9. The predicted molar refractivity (Wildman–Crippen MR) is 86.1 cm³/mol. The average molecular weight is 345 g/mol. The number of nitrogens with one attached hydrogen (secondary N) is 1. The van der Waals surface area contributed by atoms with E-state index >= 15 is 0 Å². The van der Waals surface area contributed by atoms with Crippen molar-refractivity contribution in [3.8, 4) is 5.13 Å². The van der Waals surface area contributed by atoms with Gasteiger partial charge in [0.05, 0.1) is 18.3 Å². The zero-order valence-electron chi connectivity index (χ0n) is 12.9. The van der Waals surface area contributed by atoms with Gasteiger partial charge in [-0.1, -0.05) is 11.3 Å². The minimum atomic E-state index is -0.374. The van der Waals surface area contributed by atoms with E-state index in [0.29, 0.717) is 23.7 Å². The molecule has 0 aromatic carbocycles. The molecule has 0 spiro atoms. The van der Waals surface area contributed by atoms with Crippen molar-refractivity contribution in [2.45, 2.75) is 13.0 Å². The molecule has 0 aliphatic carbocycles. The van der Waals surface area contributed by atoms with Crippen molar-refractivity contribution in [1.82, 2.24) is 24.7 Å². The van der Waals surface area contributed by atoms with E-state index in [1.807, 2.05) is 36.0 Å². The first-order valence-electron chi connectivity index (χ1n) is 7.54. The van der Waals surface area contributed by atoms with Crippen molar-refractivity contribution in [3.63, 3.8) is 0 Å². The van der Waals surface area contributed by atoms with Crippen LogP contribution in [0, 0.1) is 6.92 Å². The molecule has 0 unspecified atom stereocenters. The fourth-order valence-corrected chi connectivity index (χ4v) is 3.89. The number of hydrogen-bond donors (Lipinski definition) is 1. The van der Waals surface area contributed by atoms with E-state index in [9.17, 15) is 14.4 Å². The quantitative estimate of drug-likeness (QED) is 0.826. The largest absolute Gasteiger partial charge is 0.334 e. The number of likely N-dealkylation sites (tertiary alicyclic amines) is 1. The van der Waals surface area contributed by atoms with Crippen molar-refractivity contribution in [2.75, 3.05) is 19.6 Å². The van der Waals surface area contributed by atoms with Gasteiger partial charge in [0.1, 0.15) is 4.88 Å². The van der Waals surface area contributed by atoms with Gasteiger partial charge in [0, 0.05) is 25.5 Å². The minimum absolute atomic E-state index is 0.0391. The van der Waals surface area contributed by atoms with Gasteiger partial charge < -0.3 is 14.8 Å². The second kappa shape index (κ2) is 5.45. The molecule has 24 heavy (non-hydrogen) atoms. The van der Waals surface area contributed by atoms with E-state index in [1.165, 1.54) is 16.2 Å². The lowest BCUT2D eigenvalue weighted by molar-refractivity contribution is -0.128. The maximum absolute atomic E-state index is 12.6. The molecule has 1 N–H and O–H groups in total. The van der Waals surface area contributed by atoms with E-state index in [2.05, 4.69) is 10.3 Å². The number of aromatic nitrogens is 2. The van der Waals surface area contributed by atoms with E-state index in [4.69, 9.17) is 0 Å². The molecule has 2 fully saturated rings. The molecule has 2 saturated heterocycles. The van der Waals surface area contributed by atoms with Gasteiger partial charge in [0.25, 0.3) is 5.91 Å². The maximum Gasteiger partial charge on any atom is 0.324 e. The summed E-state index contributed by atoms with van der Waals surface area (Å²) in [5.41, 5.74) is 0.687. The fourth-order valence-electron chi connectivity index (χ4n) is 2.89. The van der Waals surface area contributed by atoms with Gasteiger partial charge in [-0.05, 0) is 19.1 Å². The van der Waals surface area contributed by atoms with Crippen LogP contribution in [0.3, 0.4) is 0 Å². The molecule has 2 aromatic heterocycles. The Balaban J connectivity index is 1.46. The van der Waals surface area contributed by atoms with Crippen LogP contribution in [0.15, 0.2) is 24.5 Å². The second-order valence-electron chi connectivity index (χ2n) is 5.79. The van der Waals surface area contributed by atoms with Crippen LogP contribution in [0.2, 0.25) is 0 Å². The normalized spacial score (nSPS) is 18.0. The lowest BCUT2D eigenvalue weighted by Gasteiger charge is -2.42. The van der Waals surface area contributed by atoms with Gasteiger partial charge in [-0.2, -0.15) is 0 Å². The number of hydrogen-bond acceptors (Lipinski definition) is 5. The molecule has 0 bridgehead atoms. The molecule has 2 aliphatic heterocycles. The Labute approximate surface area is 141 Å². The van der Waals surface area contributed by atoms with Crippen LogP contribution in [0.4, 0.5) is 4.79 Å². The minimum Gasteiger partial charge on any atom is -0.334 e. The van der Waals surface area contributed by atoms with Gasteiger partial charge >= 0.3 is 6.03 Å². The third kappa shape index (κ3) is 2.28. The molecule has 9 heteroatoms. The zero-order chi connectivity index (χ0) is 16.8. The van der Waals surface area contributed by atoms with E-state index in [-0.39, 0.29) is 30.4 Å². The summed E-state index contributed by atoms with van der Waals surface area (Å²) in [6, 6.07) is 3.19. The molecule has 2 aliphatic rings. The molecule has 2 aromatic rings. The molecule has 0 saturated carbocycles. The Bertz CT molecular complexity index is 806. The van der Waals surface area contributed by atoms with E-state index in [0.717, 1.165) is 5.13 Å². The standard InChI is InChI=1S/C15H15N5O3S/c1-9-12(24-15(17-9)18-4-2-3-5-18)13(22)19-7-10(8-19)20-11(21)6-16-14(20)23/h2-5,10H,6-8H2,1H3,(H,16,23). The first-order chi connectivity index (χ1) is 11.5. The number of aryl methyl sites for hydroxylation is 1. The van der Waals surface area contributed by atoms with Crippen LogP contribution >= 0.6 is 11.3 Å². The van der Waals surface area contributed by atoms with Crippen LogP contribution < -0.4 is 5.32 Å². The van der Waals surface area contributed by atoms with Crippen LogP contribution in [0.5, 0.6) is 0 Å². The molecule has 4 rings (SSSR count). The summed E-state index contributed by atoms with van der Waals surface area (Å²) in [5, 5.41) is 3.24. The summed E-state index contributed by atoms with van der Waals surface area (Å²) in [7, 11) is 0. The van der Waals surface area contributed by atoms with Crippen LogP contribution in [-0.2, 0) is 4.79 Å². The summed E-state index contributed by atoms with van der Waals surface area (Å²) >= 11 is 1.34. The molecule has 4 heterocycles. The summed E-state index contributed by atoms with van der Waals surface area (Å²) in [5.74, 6) is -0.340. The fraction of sp³-hybridized carbons (Fsp3) is 0.333. The molecule has 0 radical (unpaired) electrons. The zero-order valence-corrected chi connectivity index (χ0v) is 13.7. The lowest BCUT2D eigenvalue weighted by atomic mass is 10.1. The van der Waals surface area contributed by atoms with Crippen molar-refractivity contribution in [3.05, 3.63) is 35.1 Å².